The molecule has 0 saturated heterocycles. The highest BCUT2D eigenvalue weighted by atomic mass is 35.5. The summed E-state index contributed by atoms with van der Waals surface area (Å²) >= 11 is 12.6. The van der Waals surface area contributed by atoms with Crippen molar-refractivity contribution in [1.29, 1.82) is 0 Å². The zero-order valence-corrected chi connectivity index (χ0v) is 18.4. The lowest BCUT2D eigenvalue weighted by Gasteiger charge is -2.18. The van der Waals surface area contributed by atoms with E-state index in [0.717, 1.165) is 16.9 Å². The Morgan fingerprint density at radius 3 is 2.17 bits per heavy atom. The fraction of sp³-hybridized carbons (Fsp3) is 0.333. The predicted octanol–water partition coefficient (Wildman–Crippen LogP) is 5.13. The molecule has 0 fully saturated rings. The topological polar surface area (TPSA) is 73.9 Å². The fourth-order valence-corrected chi connectivity index (χ4v) is 3.33. The van der Waals surface area contributed by atoms with E-state index in [9.17, 15) is 9.59 Å². The van der Waals surface area contributed by atoms with E-state index in [4.69, 9.17) is 32.7 Å². The molecule has 0 aliphatic carbocycles. The van der Waals surface area contributed by atoms with Gasteiger partial charge in [0.15, 0.2) is 5.75 Å². The van der Waals surface area contributed by atoms with Crippen molar-refractivity contribution in [3.05, 3.63) is 51.0 Å². The zero-order valence-electron chi connectivity index (χ0n) is 16.9. The molecule has 0 radical (unpaired) electrons. The monoisotopic (exact) mass is 439 g/mol. The fourth-order valence-electron chi connectivity index (χ4n) is 2.77. The van der Waals surface area contributed by atoms with Crippen LogP contribution in [-0.4, -0.2) is 32.6 Å². The van der Waals surface area contributed by atoms with Crippen LogP contribution < -0.4 is 14.8 Å². The van der Waals surface area contributed by atoms with Gasteiger partial charge in [0.05, 0.1) is 24.3 Å². The maximum atomic E-state index is 12.2. The Bertz CT molecular complexity index is 905. The van der Waals surface area contributed by atoms with Crippen LogP contribution >= 0.6 is 23.2 Å². The molecule has 0 unspecified atom stereocenters. The Kier molecular flexibility index (Phi) is 7.76. The van der Waals surface area contributed by atoms with Crippen LogP contribution in [0.2, 0.25) is 10.0 Å². The molecule has 6 nitrogen and oxygen atoms in total. The lowest BCUT2D eigenvalue weighted by atomic mass is 9.99. The van der Waals surface area contributed by atoms with E-state index in [1.807, 2.05) is 19.1 Å². The van der Waals surface area contributed by atoms with Crippen LogP contribution in [0, 0.1) is 6.92 Å². The van der Waals surface area contributed by atoms with E-state index in [0.29, 0.717) is 5.75 Å². The third kappa shape index (κ3) is 5.55. The molecular formula is C21H23Cl2NO5. The first-order valence-electron chi connectivity index (χ1n) is 8.88. The highest BCUT2D eigenvalue weighted by Gasteiger charge is 2.18. The molecule has 156 valence electrons. The molecule has 0 aromatic heterocycles. The molecule has 0 heterocycles. The molecule has 0 spiro atoms. The molecule has 1 amide bonds. The first-order valence-corrected chi connectivity index (χ1v) is 9.64. The molecule has 2 aromatic carbocycles. The predicted molar refractivity (Wildman–Crippen MR) is 113 cm³/mol. The molecule has 0 aliphatic heterocycles. The second kappa shape index (κ2) is 9.85. The SMILES string of the molecule is COC(=O)CNC(=O)c1cc(Cl)c(Oc2cc(C)c(OC)c(C(C)C)c2)c(Cl)c1. The number of halogens is 2. The largest absolute Gasteiger partial charge is 0.496 e. The van der Waals surface area contributed by atoms with E-state index >= 15 is 0 Å². The van der Waals surface area contributed by atoms with Crippen LogP contribution in [0.15, 0.2) is 24.3 Å². The second-order valence-electron chi connectivity index (χ2n) is 6.65. The third-order valence-electron chi connectivity index (χ3n) is 4.20. The Morgan fingerprint density at radius 1 is 1.03 bits per heavy atom. The Morgan fingerprint density at radius 2 is 1.66 bits per heavy atom. The molecule has 0 aliphatic rings. The number of amides is 1. The van der Waals surface area contributed by atoms with Crippen LogP contribution in [0.3, 0.4) is 0 Å². The van der Waals surface area contributed by atoms with Gasteiger partial charge < -0.3 is 19.5 Å². The average molecular weight is 440 g/mol. The summed E-state index contributed by atoms with van der Waals surface area (Å²) in [4.78, 5) is 23.4. The number of hydrogen-bond donors (Lipinski definition) is 1. The molecule has 8 heteroatoms. The van der Waals surface area contributed by atoms with E-state index in [-0.39, 0.29) is 33.8 Å². The van der Waals surface area contributed by atoms with E-state index in [2.05, 4.69) is 23.9 Å². The van der Waals surface area contributed by atoms with Gasteiger partial charge in [-0.15, -0.1) is 0 Å². The standard InChI is InChI=1S/C21H23Cl2NO5/c1-11(2)15-9-14(6-12(3)19(15)28-5)29-20-16(22)7-13(8-17(20)23)21(26)24-10-18(25)27-4/h6-9,11H,10H2,1-5H3,(H,24,26). The minimum atomic E-state index is -0.564. The van der Waals surface area contributed by atoms with Gasteiger partial charge in [-0.05, 0) is 42.7 Å². The lowest BCUT2D eigenvalue weighted by Crippen LogP contribution is -2.30. The van der Waals surface area contributed by atoms with Crippen molar-refractivity contribution in [2.45, 2.75) is 26.7 Å². The smallest absolute Gasteiger partial charge is 0.325 e. The Hall–Kier alpha value is -2.44. The number of benzene rings is 2. The van der Waals surface area contributed by atoms with Crippen molar-refractivity contribution in [1.82, 2.24) is 5.32 Å². The lowest BCUT2D eigenvalue weighted by molar-refractivity contribution is -0.139. The van der Waals surface area contributed by atoms with Crippen LogP contribution in [0.1, 0.15) is 41.3 Å². The van der Waals surface area contributed by atoms with Crippen LogP contribution in [0.5, 0.6) is 17.2 Å². The highest BCUT2D eigenvalue weighted by molar-refractivity contribution is 6.37. The average Bonchev–Trinajstić information content (AvgIpc) is 2.67. The van der Waals surface area contributed by atoms with Crippen molar-refractivity contribution in [3.8, 4) is 17.2 Å². The van der Waals surface area contributed by atoms with Gasteiger partial charge in [-0.2, -0.15) is 0 Å². The minimum Gasteiger partial charge on any atom is -0.496 e. The van der Waals surface area contributed by atoms with Gasteiger partial charge >= 0.3 is 5.97 Å². The third-order valence-corrected chi connectivity index (χ3v) is 4.77. The van der Waals surface area contributed by atoms with E-state index < -0.39 is 11.9 Å². The van der Waals surface area contributed by atoms with Gasteiger partial charge in [0.25, 0.3) is 5.91 Å². The van der Waals surface area contributed by atoms with Crippen LogP contribution in [-0.2, 0) is 9.53 Å². The van der Waals surface area contributed by atoms with Gasteiger partial charge in [0.2, 0.25) is 0 Å². The number of carbonyl (C=O) groups is 2. The first-order chi connectivity index (χ1) is 13.7. The Labute approximate surface area is 180 Å². The molecule has 0 atom stereocenters. The zero-order chi connectivity index (χ0) is 21.7. The molecule has 2 aromatic rings. The number of ether oxygens (including phenoxy) is 3. The summed E-state index contributed by atoms with van der Waals surface area (Å²) in [7, 11) is 2.87. The molecule has 1 N–H and O–H groups in total. The summed E-state index contributed by atoms with van der Waals surface area (Å²) in [5.74, 6) is 0.747. The van der Waals surface area contributed by atoms with Crippen molar-refractivity contribution < 1.29 is 23.8 Å². The molecule has 0 bridgehead atoms. The first kappa shape index (κ1) is 22.8. The number of hydrogen-bond acceptors (Lipinski definition) is 5. The van der Waals surface area contributed by atoms with Gasteiger partial charge in [0, 0.05) is 11.1 Å². The van der Waals surface area contributed by atoms with Gasteiger partial charge in [-0.3, -0.25) is 9.59 Å². The number of aryl methyl sites for hydroxylation is 1. The van der Waals surface area contributed by atoms with E-state index in [1.165, 1.54) is 19.2 Å². The van der Waals surface area contributed by atoms with Crippen molar-refractivity contribution in [2.75, 3.05) is 20.8 Å². The van der Waals surface area contributed by atoms with Crippen LogP contribution in [0.4, 0.5) is 0 Å². The van der Waals surface area contributed by atoms with Gasteiger partial charge in [0.1, 0.15) is 18.0 Å². The van der Waals surface area contributed by atoms with Crippen molar-refractivity contribution >= 4 is 35.1 Å². The van der Waals surface area contributed by atoms with Crippen LogP contribution in [0.25, 0.3) is 0 Å². The summed E-state index contributed by atoms with van der Waals surface area (Å²) in [6, 6.07) is 6.55. The number of carbonyl (C=O) groups excluding carboxylic acids is 2. The molecule has 0 saturated carbocycles. The highest BCUT2D eigenvalue weighted by Crippen LogP contribution is 2.40. The summed E-state index contributed by atoms with van der Waals surface area (Å²) in [5.41, 5.74) is 2.11. The molecule has 29 heavy (non-hydrogen) atoms. The molecular weight excluding hydrogens is 417 g/mol. The Balaban J connectivity index is 2.31. The van der Waals surface area contributed by atoms with Gasteiger partial charge in [-0.25, -0.2) is 0 Å². The number of esters is 1. The minimum absolute atomic E-state index is 0.167. The number of rotatable bonds is 7. The molecule has 2 rings (SSSR count). The number of methoxy groups -OCH3 is 2. The summed E-state index contributed by atoms with van der Waals surface area (Å²) < 4.78 is 15.9. The maximum absolute atomic E-state index is 12.2. The van der Waals surface area contributed by atoms with E-state index in [1.54, 1.807) is 7.11 Å². The quantitative estimate of drug-likeness (QED) is 0.605. The van der Waals surface area contributed by atoms with Gasteiger partial charge in [-0.1, -0.05) is 37.0 Å². The summed E-state index contributed by atoms with van der Waals surface area (Å²) in [6.45, 7) is 5.78. The normalized spacial score (nSPS) is 10.6. The summed E-state index contributed by atoms with van der Waals surface area (Å²) in [5, 5.41) is 2.76. The van der Waals surface area contributed by atoms with Crippen molar-refractivity contribution in [2.24, 2.45) is 0 Å². The van der Waals surface area contributed by atoms with Crippen molar-refractivity contribution in [3.63, 3.8) is 0 Å². The summed E-state index contributed by atoms with van der Waals surface area (Å²) in [6.07, 6.45) is 0. The second-order valence-corrected chi connectivity index (χ2v) is 7.46. The number of nitrogens with one attached hydrogen (secondary N) is 1. The maximum Gasteiger partial charge on any atom is 0.325 e.